The van der Waals surface area contributed by atoms with Gasteiger partial charge in [-0.15, -0.1) is 0 Å². The predicted octanol–water partition coefficient (Wildman–Crippen LogP) is 3.35. The monoisotopic (exact) mass is 264 g/mol. The number of aliphatic hydroxyl groups excluding tert-OH is 1. The number of nitrogens with zero attached hydrogens (tertiary/aromatic N) is 1. The van der Waals surface area contributed by atoms with Crippen LogP contribution in [0.2, 0.25) is 5.02 Å². The Balaban J connectivity index is 0.000000492. The van der Waals surface area contributed by atoms with Gasteiger partial charge in [0.15, 0.2) is 0 Å². The first-order valence-electron chi connectivity index (χ1n) is 5.76. The van der Waals surface area contributed by atoms with Gasteiger partial charge in [-0.25, -0.2) is 4.98 Å². The van der Waals surface area contributed by atoms with Crippen LogP contribution in [0.1, 0.15) is 12.5 Å². The zero-order chi connectivity index (χ0) is 13.2. The molecule has 2 rings (SSSR count). The largest absolute Gasteiger partial charge is 0.397 e. The molecule has 0 radical (unpaired) electrons. The summed E-state index contributed by atoms with van der Waals surface area (Å²) in [6, 6.07) is 13.6. The summed E-state index contributed by atoms with van der Waals surface area (Å²) in [5.74, 6) is 0.882. The number of hydrogen-bond acceptors (Lipinski definition) is 3. The first kappa shape index (κ1) is 14.5. The van der Waals surface area contributed by atoms with Crippen LogP contribution >= 0.6 is 11.6 Å². The fraction of sp³-hybridized carbons (Fsp3) is 0.214. The van der Waals surface area contributed by atoms with Crippen LogP contribution in [0.25, 0.3) is 0 Å². The fourth-order valence-electron chi connectivity index (χ4n) is 1.26. The average Bonchev–Trinajstić information content (AvgIpc) is 2.40. The SMILES string of the molecule is CCO.Clc1ccc(CNc2ccccn2)cc1. The van der Waals surface area contributed by atoms with Gasteiger partial charge >= 0.3 is 0 Å². The number of rotatable bonds is 3. The second kappa shape index (κ2) is 8.50. The van der Waals surface area contributed by atoms with Gasteiger partial charge in [0.1, 0.15) is 5.82 Å². The van der Waals surface area contributed by atoms with Crippen LogP contribution in [0.3, 0.4) is 0 Å². The third kappa shape index (κ3) is 5.66. The van der Waals surface area contributed by atoms with Crippen molar-refractivity contribution in [2.24, 2.45) is 0 Å². The van der Waals surface area contributed by atoms with Gasteiger partial charge < -0.3 is 10.4 Å². The molecule has 1 aromatic heterocycles. The van der Waals surface area contributed by atoms with E-state index in [4.69, 9.17) is 16.7 Å². The van der Waals surface area contributed by atoms with E-state index in [0.717, 1.165) is 17.4 Å². The van der Waals surface area contributed by atoms with Gasteiger partial charge in [0.05, 0.1) is 0 Å². The third-order valence-corrected chi connectivity index (χ3v) is 2.30. The molecule has 2 N–H and O–H groups in total. The van der Waals surface area contributed by atoms with E-state index in [-0.39, 0.29) is 6.61 Å². The molecule has 3 nitrogen and oxygen atoms in total. The number of anilines is 1. The van der Waals surface area contributed by atoms with E-state index >= 15 is 0 Å². The smallest absolute Gasteiger partial charge is 0.126 e. The fourth-order valence-corrected chi connectivity index (χ4v) is 1.39. The van der Waals surface area contributed by atoms with Crippen LogP contribution in [-0.4, -0.2) is 16.7 Å². The highest BCUT2D eigenvalue weighted by Crippen LogP contribution is 2.10. The standard InChI is InChI=1S/C12H11ClN2.C2H6O/c13-11-6-4-10(5-7-11)9-15-12-3-1-2-8-14-12;1-2-3/h1-8H,9H2,(H,14,15);3H,2H2,1H3. The lowest BCUT2D eigenvalue weighted by molar-refractivity contribution is 0.318. The van der Waals surface area contributed by atoms with Crippen LogP contribution < -0.4 is 5.32 Å². The predicted molar refractivity (Wildman–Crippen MR) is 75.8 cm³/mol. The van der Waals surface area contributed by atoms with Crippen molar-refractivity contribution in [1.82, 2.24) is 4.98 Å². The minimum Gasteiger partial charge on any atom is -0.397 e. The number of benzene rings is 1. The molecule has 0 bridgehead atoms. The van der Waals surface area contributed by atoms with E-state index in [2.05, 4.69) is 10.3 Å². The van der Waals surface area contributed by atoms with E-state index in [1.165, 1.54) is 5.56 Å². The van der Waals surface area contributed by atoms with E-state index in [1.54, 1.807) is 13.1 Å². The molecule has 4 heteroatoms. The zero-order valence-corrected chi connectivity index (χ0v) is 11.1. The highest BCUT2D eigenvalue weighted by molar-refractivity contribution is 6.30. The first-order chi connectivity index (χ1) is 8.76. The number of hydrogen-bond donors (Lipinski definition) is 2. The van der Waals surface area contributed by atoms with Crippen molar-refractivity contribution in [3.63, 3.8) is 0 Å². The first-order valence-corrected chi connectivity index (χ1v) is 6.14. The lowest BCUT2D eigenvalue weighted by atomic mass is 10.2. The summed E-state index contributed by atoms with van der Waals surface area (Å²) in [7, 11) is 0. The molecule has 0 atom stereocenters. The van der Waals surface area contributed by atoms with Gasteiger partial charge in [-0.2, -0.15) is 0 Å². The second-order valence-electron chi connectivity index (χ2n) is 3.51. The summed E-state index contributed by atoms with van der Waals surface area (Å²) in [5.41, 5.74) is 1.19. The van der Waals surface area contributed by atoms with Gasteiger partial charge in [-0.3, -0.25) is 0 Å². The Morgan fingerprint density at radius 2 is 1.83 bits per heavy atom. The molecule has 0 saturated carbocycles. The van der Waals surface area contributed by atoms with Gasteiger partial charge in [0.2, 0.25) is 0 Å². The van der Waals surface area contributed by atoms with Crippen molar-refractivity contribution in [3.8, 4) is 0 Å². The topological polar surface area (TPSA) is 45.1 Å². The summed E-state index contributed by atoms with van der Waals surface area (Å²) < 4.78 is 0. The summed E-state index contributed by atoms with van der Waals surface area (Å²) >= 11 is 5.80. The highest BCUT2D eigenvalue weighted by Gasteiger charge is 1.94. The molecule has 1 heterocycles. The maximum absolute atomic E-state index is 7.57. The normalized spacial score (nSPS) is 9.28. The zero-order valence-electron chi connectivity index (χ0n) is 10.3. The molecule has 2 aromatic rings. The summed E-state index contributed by atoms with van der Waals surface area (Å²) in [6.45, 7) is 2.69. The molecular weight excluding hydrogens is 248 g/mol. The molecule has 1 aromatic carbocycles. The van der Waals surface area contributed by atoms with Crippen molar-refractivity contribution in [2.75, 3.05) is 11.9 Å². The third-order valence-electron chi connectivity index (χ3n) is 2.05. The lowest BCUT2D eigenvalue weighted by Gasteiger charge is -2.04. The summed E-state index contributed by atoms with van der Waals surface area (Å²) in [6.07, 6.45) is 1.77. The maximum Gasteiger partial charge on any atom is 0.126 e. The number of aliphatic hydroxyl groups is 1. The molecule has 96 valence electrons. The van der Waals surface area contributed by atoms with E-state index in [0.29, 0.717) is 0 Å². The second-order valence-corrected chi connectivity index (χ2v) is 3.95. The van der Waals surface area contributed by atoms with Gasteiger partial charge in [0, 0.05) is 24.4 Å². The van der Waals surface area contributed by atoms with Crippen LogP contribution in [-0.2, 0) is 6.54 Å². The van der Waals surface area contributed by atoms with Crippen molar-refractivity contribution in [3.05, 3.63) is 59.2 Å². The molecular formula is C14H17ClN2O. The van der Waals surface area contributed by atoms with Crippen LogP contribution in [0.5, 0.6) is 0 Å². The van der Waals surface area contributed by atoms with Gasteiger partial charge in [-0.05, 0) is 36.8 Å². The average molecular weight is 265 g/mol. The number of pyridine rings is 1. The van der Waals surface area contributed by atoms with Crippen molar-refractivity contribution >= 4 is 17.4 Å². The Bertz CT molecular complexity index is 431. The molecule has 0 aliphatic rings. The van der Waals surface area contributed by atoms with Gasteiger partial charge in [-0.1, -0.05) is 29.8 Å². The molecule has 0 spiro atoms. The molecule has 18 heavy (non-hydrogen) atoms. The quantitative estimate of drug-likeness (QED) is 0.894. The van der Waals surface area contributed by atoms with Crippen molar-refractivity contribution in [2.45, 2.75) is 13.5 Å². The van der Waals surface area contributed by atoms with Crippen LogP contribution in [0, 0.1) is 0 Å². The molecule has 0 unspecified atom stereocenters. The molecule has 0 aliphatic carbocycles. The highest BCUT2D eigenvalue weighted by atomic mass is 35.5. The lowest BCUT2D eigenvalue weighted by Crippen LogP contribution is -2.00. The Morgan fingerprint density at radius 1 is 1.17 bits per heavy atom. The Labute approximate surface area is 112 Å². The van der Waals surface area contributed by atoms with Crippen molar-refractivity contribution < 1.29 is 5.11 Å². The number of halogens is 1. The van der Waals surface area contributed by atoms with Crippen LogP contribution in [0.15, 0.2) is 48.7 Å². The molecule has 0 aliphatic heterocycles. The molecule has 0 saturated heterocycles. The maximum atomic E-state index is 7.57. The Hall–Kier alpha value is -1.58. The summed E-state index contributed by atoms with van der Waals surface area (Å²) in [4.78, 5) is 4.17. The van der Waals surface area contributed by atoms with Gasteiger partial charge in [0.25, 0.3) is 0 Å². The summed E-state index contributed by atoms with van der Waals surface area (Å²) in [5, 5.41) is 11.6. The number of nitrogens with one attached hydrogen (secondary N) is 1. The minimum atomic E-state index is 0.250. The Morgan fingerprint density at radius 3 is 2.39 bits per heavy atom. The van der Waals surface area contributed by atoms with E-state index < -0.39 is 0 Å². The Kier molecular flexibility index (Phi) is 6.84. The van der Waals surface area contributed by atoms with Crippen LogP contribution in [0.4, 0.5) is 5.82 Å². The minimum absolute atomic E-state index is 0.250. The number of aromatic nitrogens is 1. The molecule has 0 amide bonds. The molecule has 0 fully saturated rings. The van der Waals surface area contributed by atoms with E-state index in [9.17, 15) is 0 Å². The van der Waals surface area contributed by atoms with Crippen molar-refractivity contribution in [1.29, 1.82) is 0 Å². The van der Waals surface area contributed by atoms with E-state index in [1.807, 2.05) is 42.5 Å².